The van der Waals surface area contributed by atoms with Gasteiger partial charge < -0.3 is 30.6 Å². The van der Waals surface area contributed by atoms with Gasteiger partial charge in [0.2, 0.25) is 11.7 Å². The number of hydrogen-bond donors (Lipinski definition) is 3. The number of rotatable bonds is 12. The van der Waals surface area contributed by atoms with Gasteiger partial charge in [-0.1, -0.05) is 66.7 Å². The Balaban J connectivity index is 1.35. The van der Waals surface area contributed by atoms with Crippen LogP contribution in [0.4, 0.5) is 4.79 Å². The van der Waals surface area contributed by atoms with Gasteiger partial charge in [0, 0.05) is 35.9 Å². The van der Waals surface area contributed by atoms with Crippen molar-refractivity contribution in [2.45, 2.75) is 63.6 Å². The van der Waals surface area contributed by atoms with E-state index in [0.717, 1.165) is 44.9 Å². The number of ketones is 1. The molecule has 11 nitrogen and oxygen atoms in total. The van der Waals surface area contributed by atoms with E-state index in [0.29, 0.717) is 0 Å². The second-order valence-corrected chi connectivity index (χ2v) is 12.4. The fourth-order valence-electron chi connectivity index (χ4n) is 5.82. The number of benzene rings is 3. The molecule has 0 saturated heterocycles. The van der Waals surface area contributed by atoms with Crippen molar-refractivity contribution in [3.63, 3.8) is 0 Å². The Morgan fingerprint density at radius 1 is 0.915 bits per heavy atom. The van der Waals surface area contributed by atoms with E-state index >= 15 is 0 Å². The molecule has 1 aliphatic rings. The van der Waals surface area contributed by atoms with Gasteiger partial charge in [0.25, 0.3) is 0 Å². The number of H-pyrrole nitrogens is 1. The summed E-state index contributed by atoms with van der Waals surface area (Å²) in [5, 5.41) is 6.25. The van der Waals surface area contributed by atoms with E-state index in [1.807, 2.05) is 72.8 Å². The third-order valence-electron chi connectivity index (χ3n) is 7.94. The molecule has 3 aromatic carbocycles. The van der Waals surface area contributed by atoms with Crippen LogP contribution < -0.4 is 10.6 Å². The van der Waals surface area contributed by atoms with Gasteiger partial charge in [0.1, 0.15) is 24.3 Å². The number of aromatic amines is 1. The van der Waals surface area contributed by atoms with Crippen LogP contribution in [0.5, 0.6) is 0 Å². The maximum absolute atomic E-state index is 13.8. The van der Waals surface area contributed by atoms with Crippen molar-refractivity contribution in [1.82, 2.24) is 15.6 Å². The number of para-hydroxylation sites is 1. The molecule has 242 valence electrons. The molecule has 11 heteroatoms. The molecular formula is C36H37N5O6. The zero-order chi connectivity index (χ0) is 33.6. The number of hydrogen-bond acceptors (Lipinski definition) is 6. The molecule has 0 fully saturated rings. The third-order valence-corrected chi connectivity index (χ3v) is 7.94. The molecule has 2 amide bonds. The Hall–Kier alpha value is -5.54. The number of aromatic nitrogens is 1. The van der Waals surface area contributed by atoms with Crippen LogP contribution in [-0.2, 0) is 30.3 Å². The Morgan fingerprint density at radius 2 is 1.55 bits per heavy atom. The SMILES string of the molecule is CC(C)(C)OC(=O)[C@H](CCC(=O)C=[N+]=[N-])NC(=O)[C@H](Cc1c[nH]c2ccccc12)NC(=O)OCC1c2ccccc2-c2ccccc21. The minimum Gasteiger partial charge on any atom is -0.458 e. The molecule has 1 aliphatic carbocycles. The van der Waals surface area contributed by atoms with E-state index in [-0.39, 0.29) is 31.8 Å². The van der Waals surface area contributed by atoms with E-state index in [1.54, 1.807) is 27.0 Å². The number of nitrogens with zero attached hydrogens (tertiary/aromatic N) is 2. The number of ether oxygens (including phenoxy) is 2. The molecule has 0 radical (unpaired) electrons. The molecule has 0 aliphatic heterocycles. The van der Waals surface area contributed by atoms with Crippen LogP contribution in [0.15, 0.2) is 79.0 Å². The molecule has 4 aromatic rings. The normalized spacial score (nSPS) is 13.4. The number of alkyl carbamates (subject to hydrolysis) is 1. The molecule has 5 rings (SSSR count). The van der Waals surface area contributed by atoms with Crippen molar-refractivity contribution in [1.29, 1.82) is 0 Å². The highest BCUT2D eigenvalue weighted by atomic mass is 16.6. The van der Waals surface area contributed by atoms with Crippen LogP contribution in [-0.4, -0.2) is 64.0 Å². The van der Waals surface area contributed by atoms with Crippen LogP contribution in [0, 0.1) is 0 Å². The second-order valence-electron chi connectivity index (χ2n) is 12.4. The van der Waals surface area contributed by atoms with E-state index < -0.39 is 41.4 Å². The summed E-state index contributed by atoms with van der Waals surface area (Å²) in [6, 6.07) is 21.2. The summed E-state index contributed by atoms with van der Waals surface area (Å²) >= 11 is 0. The van der Waals surface area contributed by atoms with Crippen LogP contribution in [0.3, 0.4) is 0 Å². The van der Waals surface area contributed by atoms with E-state index in [9.17, 15) is 19.2 Å². The lowest BCUT2D eigenvalue weighted by Gasteiger charge is -2.26. The topological polar surface area (TPSA) is 163 Å². The molecule has 3 N–H and O–H groups in total. The number of nitrogens with one attached hydrogen (secondary N) is 3. The minimum atomic E-state index is -1.22. The van der Waals surface area contributed by atoms with Gasteiger partial charge in [0.15, 0.2) is 0 Å². The van der Waals surface area contributed by atoms with Gasteiger partial charge in [0.05, 0.1) is 0 Å². The summed E-state index contributed by atoms with van der Waals surface area (Å²) < 4.78 is 11.2. The summed E-state index contributed by atoms with van der Waals surface area (Å²) in [5.41, 5.74) is 13.8. The first-order chi connectivity index (χ1) is 22.5. The number of carbonyl (C=O) groups is 4. The highest BCUT2D eigenvalue weighted by Crippen LogP contribution is 2.44. The highest BCUT2D eigenvalue weighted by molar-refractivity contribution is 6.25. The van der Waals surface area contributed by atoms with Crippen molar-refractivity contribution in [3.05, 3.63) is 101 Å². The highest BCUT2D eigenvalue weighted by Gasteiger charge is 2.33. The first-order valence-electron chi connectivity index (χ1n) is 15.4. The second kappa shape index (κ2) is 14.3. The smallest absolute Gasteiger partial charge is 0.407 e. The van der Waals surface area contributed by atoms with Crippen molar-refractivity contribution in [3.8, 4) is 11.1 Å². The Labute approximate surface area is 272 Å². The fourth-order valence-corrected chi connectivity index (χ4v) is 5.82. The molecule has 0 saturated carbocycles. The van der Waals surface area contributed by atoms with Crippen LogP contribution in [0.2, 0.25) is 0 Å². The number of amides is 2. The van der Waals surface area contributed by atoms with Crippen molar-refractivity contribution in [2.24, 2.45) is 0 Å². The zero-order valence-electron chi connectivity index (χ0n) is 26.5. The van der Waals surface area contributed by atoms with Gasteiger partial charge in [-0.15, -0.1) is 0 Å². The van der Waals surface area contributed by atoms with Gasteiger partial charge in [-0.3, -0.25) is 9.59 Å². The van der Waals surface area contributed by atoms with Crippen molar-refractivity contribution < 1.29 is 33.4 Å². The molecule has 0 unspecified atom stereocenters. The molecule has 47 heavy (non-hydrogen) atoms. The molecule has 1 heterocycles. The molecule has 0 bridgehead atoms. The van der Waals surface area contributed by atoms with Gasteiger partial charge >= 0.3 is 18.3 Å². The summed E-state index contributed by atoms with van der Waals surface area (Å²) in [6.45, 7) is 5.11. The van der Waals surface area contributed by atoms with Gasteiger partial charge in [-0.05, 0) is 61.1 Å². The maximum atomic E-state index is 13.8. The summed E-state index contributed by atoms with van der Waals surface area (Å²) in [7, 11) is 0. The number of carbonyl (C=O) groups excluding carboxylic acids is 4. The molecule has 1 aromatic heterocycles. The lowest BCUT2D eigenvalue weighted by atomic mass is 9.98. The monoisotopic (exact) mass is 635 g/mol. The summed E-state index contributed by atoms with van der Waals surface area (Å²) in [4.78, 5) is 58.2. The van der Waals surface area contributed by atoms with E-state index in [2.05, 4.69) is 20.4 Å². The number of esters is 1. The average molecular weight is 636 g/mol. The van der Waals surface area contributed by atoms with E-state index in [1.165, 1.54) is 0 Å². The predicted molar refractivity (Wildman–Crippen MR) is 176 cm³/mol. The van der Waals surface area contributed by atoms with E-state index in [4.69, 9.17) is 15.0 Å². The van der Waals surface area contributed by atoms with Crippen LogP contribution in [0.1, 0.15) is 56.2 Å². The first kappa shape index (κ1) is 32.8. The Bertz CT molecular complexity index is 1810. The predicted octanol–water partition coefficient (Wildman–Crippen LogP) is 5.09. The maximum Gasteiger partial charge on any atom is 0.407 e. The molecule has 0 spiro atoms. The standard InChI is InChI=1S/C36H37N5O6/c1-36(2,3)47-34(44)31(17-16-23(42)20-39-37)40-33(43)32(18-22-19-38-30-15-9-8-10-24(22)30)41-35(45)46-21-29-27-13-6-4-11-25(27)26-12-5-7-14-28(26)29/h4-15,19-20,29,31-32,38H,16-18,21H2,1-3H3,(H,40,43)(H,41,45)/t31-,32-/m0/s1. The Kier molecular flexibility index (Phi) is 9.97. The van der Waals surface area contributed by atoms with Crippen LogP contribution >= 0.6 is 0 Å². The lowest BCUT2D eigenvalue weighted by molar-refractivity contribution is -0.159. The summed E-state index contributed by atoms with van der Waals surface area (Å²) in [6.07, 6.45) is 1.47. The van der Waals surface area contributed by atoms with Gasteiger partial charge in [-0.25, -0.2) is 9.59 Å². The van der Waals surface area contributed by atoms with Crippen LogP contribution in [0.25, 0.3) is 27.6 Å². The molecular weight excluding hydrogens is 598 g/mol. The molecule has 2 atom stereocenters. The van der Waals surface area contributed by atoms with Crippen molar-refractivity contribution in [2.75, 3.05) is 6.61 Å². The summed E-state index contributed by atoms with van der Waals surface area (Å²) in [5.74, 6) is -2.12. The minimum absolute atomic E-state index is 0.0519. The lowest BCUT2D eigenvalue weighted by Crippen LogP contribution is -2.53. The number of Topliss-reactive ketones (excluding diaryl/α,β-unsaturated/α-hetero) is 1. The van der Waals surface area contributed by atoms with Gasteiger partial charge in [-0.2, -0.15) is 4.79 Å². The third kappa shape index (κ3) is 8.01. The fraction of sp³-hybridized carbons (Fsp3) is 0.306. The average Bonchev–Trinajstić information content (AvgIpc) is 3.59. The quantitative estimate of drug-likeness (QED) is 0.0849. The largest absolute Gasteiger partial charge is 0.458 e. The first-order valence-corrected chi connectivity index (χ1v) is 15.4. The number of fused-ring (bicyclic) bond motifs is 4. The zero-order valence-corrected chi connectivity index (χ0v) is 26.5. The Morgan fingerprint density at radius 3 is 2.21 bits per heavy atom. The van der Waals surface area contributed by atoms with Crippen molar-refractivity contribution >= 4 is 40.9 Å².